The molecule has 176 valence electrons. The fourth-order valence-corrected chi connectivity index (χ4v) is 5.34. The summed E-state index contributed by atoms with van der Waals surface area (Å²) in [5, 5.41) is 2.64. The number of nitrogens with one attached hydrogen (secondary N) is 1. The van der Waals surface area contributed by atoms with Crippen LogP contribution in [0.25, 0.3) is 0 Å². The van der Waals surface area contributed by atoms with Crippen LogP contribution in [-0.4, -0.2) is 33.5 Å². The Labute approximate surface area is 203 Å². The Morgan fingerprint density at radius 3 is 2.29 bits per heavy atom. The molecule has 7 heteroatoms. The number of hydrogen-bond donors (Lipinski definition) is 1. The third-order valence-corrected chi connectivity index (χ3v) is 7.23. The van der Waals surface area contributed by atoms with Crippen molar-refractivity contribution in [3.05, 3.63) is 101 Å². The lowest BCUT2D eigenvalue weighted by atomic mass is 9.86. The topological polar surface area (TPSA) is 62.3 Å². The summed E-state index contributed by atoms with van der Waals surface area (Å²) in [4.78, 5) is 32.4. The van der Waals surface area contributed by atoms with Crippen LogP contribution in [0.15, 0.2) is 73.1 Å². The Morgan fingerprint density at radius 2 is 1.68 bits per heavy atom. The summed E-state index contributed by atoms with van der Waals surface area (Å²) in [5.41, 5.74) is 3.45. The van der Waals surface area contributed by atoms with Crippen molar-refractivity contribution in [3.63, 3.8) is 0 Å². The molecule has 2 amide bonds. The lowest BCUT2D eigenvalue weighted by molar-refractivity contribution is -0.125. The second-order valence-corrected chi connectivity index (χ2v) is 10.5. The van der Waals surface area contributed by atoms with E-state index in [2.05, 4.69) is 43.2 Å². The van der Waals surface area contributed by atoms with Crippen molar-refractivity contribution in [2.45, 2.75) is 44.1 Å². The molecule has 1 aliphatic heterocycles. The maximum absolute atomic E-state index is 13.6. The van der Waals surface area contributed by atoms with E-state index in [9.17, 15) is 14.0 Å². The van der Waals surface area contributed by atoms with Gasteiger partial charge in [-0.2, -0.15) is 0 Å². The highest BCUT2D eigenvalue weighted by Crippen LogP contribution is 2.42. The molecule has 2 aromatic carbocycles. The summed E-state index contributed by atoms with van der Waals surface area (Å²) >= 11 is 1.56. The highest BCUT2D eigenvalue weighted by atomic mass is 32.2. The molecule has 1 fully saturated rings. The van der Waals surface area contributed by atoms with Crippen molar-refractivity contribution in [2.24, 2.45) is 0 Å². The van der Waals surface area contributed by atoms with Crippen LogP contribution in [0.1, 0.15) is 53.2 Å². The number of halogens is 1. The van der Waals surface area contributed by atoms with E-state index in [1.807, 2.05) is 24.3 Å². The molecule has 3 aromatic rings. The van der Waals surface area contributed by atoms with Crippen molar-refractivity contribution < 1.29 is 14.0 Å². The Morgan fingerprint density at radius 1 is 1.03 bits per heavy atom. The predicted molar refractivity (Wildman–Crippen MR) is 133 cm³/mol. The number of aromatic nitrogens is 1. The van der Waals surface area contributed by atoms with Crippen LogP contribution < -0.4 is 5.32 Å². The summed E-state index contributed by atoms with van der Waals surface area (Å²) in [6.07, 6.45) is 3.35. The van der Waals surface area contributed by atoms with Gasteiger partial charge >= 0.3 is 0 Å². The Balaban J connectivity index is 1.61. The van der Waals surface area contributed by atoms with Gasteiger partial charge in [-0.15, -0.1) is 11.8 Å². The third-order valence-electron chi connectivity index (χ3n) is 5.91. The van der Waals surface area contributed by atoms with Gasteiger partial charge in [-0.25, -0.2) is 4.39 Å². The zero-order chi connectivity index (χ0) is 24.3. The number of rotatable bonds is 5. The lowest BCUT2D eigenvalue weighted by Gasteiger charge is -2.29. The molecule has 0 radical (unpaired) electrons. The quantitative estimate of drug-likeness (QED) is 0.556. The van der Waals surface area contributed by atoms with Gasteiger partial charge in [0.1, 0.15) is 17.2 Å². The normalized spacial score (nSPS) is 18.1. The summed E-state index contributed by atoms with van der Waals surface area (Å²) < 4.78 is 13.5. The minimum atomic E-state index is -0.642. The molecule has 0 bridgehead atoms. The molecule has 0 saturated carbocycles. The SMILES string of the molecule is CC(C)(C)c1ccc(C2SCC(C(=O)NCc3ccncc3)N2C(=O)c2ccc(F)cc2)cc1. The largest absolute Gasteiger partial charge is 0.350 e. The fraction of sp³-hybridized carbons (Fsp3) is 0.296. The minimum absolute atomic E-state index is 0.0142. The highest BCUT2D eigenvalue weighted by molar-refractivity contribution is 7.99. The Hall–Kier alpha value is -3.19. The number of amides is 2. The first-order valence-corrected chi connectivity index (χ1v) is 12.3. The number of pyridine rings is 1. The van der Waals surface area contributed by atoms with E-state index in [4.69, 9.17) is 0 Å². The van der Waals surface area contributed by atoms with Crippen LogP contribution in [-0.2, 0) is 16.8 Å². The highest BCUT2D eigenvalue weighted by Gasteiger charge is 2.42. The van der Waals surface area contributed by atoms with Crippen LogP contribution in [0.4, 0.5) is 4.39 Å². The minimum Gasteiger partial charge on any atom is -0.350 e. The smallest absolute Gasteiger partial charge is 0.255 e. The van der Waals surface area contributed by atoms with Crippen LogP contribution in [0, 0.1) is 5.82 Å². The number of nitrogens with zero attached hydrogens (tertiary/aromatic N) is 2. The molecule has 1 aromatic heterocycles. The van der Waals surface area contributed by atoms with Crippen molar-refractivity contribution in [2.75, 3.05) is 5.75 Å². The number of carbonyl (C=O) groups is 2. The molecular formula is C27H28FN3O2S. The second-order valence-electron chi connectivity index (χ2n) is 9.37. The molecule has 0 aliphatic carbocycles. The van der Waals surface area contributed by atoms with E-state index < -0.39 is 11.9 Å². The van der Waals surface area contributed by atoms with Gasteiger partial charge in [0.25, 0.3) is 5.91 Å². The summed E-state index contributed by atoms with van der Waals surface area (Å²) in [6.45, 7) is 6.81. The van der Waals surface area contributed by atoms with Gasteiger partial charge in [0.15, 0.2) is 0 Å². The van der Waals surface area contributed by atoms with E-state index in [1.165, 1.54) is 29.8 Å². The first kappa shape index (κ1) is 24.0. The molecular weight excluding hydrogens is 449 g/mol. The average molecular weight is 478 g/mol. The van der Waals surface area contributed by atoms with Crippen molar-refractivity contribution >= 4 is 23.6 Å². The van der Waals surface area contributed by atoms with Gasteiger partial charge < -0.3 is 10.2 Å². The van der Waals surface area contributed by atoms with Crippen molar-refractivity contribution in [1.29, 1.82) is 0 Å². The molecule has 1 N–H and O–H groups in total. The van der Waals surface area contributed by atoms with Gasteiger partial charge in [-0.1, -0.05) is 45.0 Å². The standard InChI is InChI=1S/C27H28FN3O2S/c1-27(2,3)21-8-4-20(5-9-21)26-31(25(33)19-6-10-22(28)11-7-19)23(17-34-26)24(32)30-16-18-12-14-29-15-13-18/h4-15,23,26H,16-17H2,1-3H3,(H,30,32). The summed E-state index contributed by atoms with van der Waals surface area (Å²) in [5.74, 6) is -0.443. The van der Waals surface area contributed by atoms with Gasteiger partial charge in [0, 0.05) is 30.3 Å². The van der Waals surface area contributed by atoms with Gasteiger partial charge in [-0.3, -0.25) is 14.6 Å². The zero-order valence-corrected chi connectivity index (χ0v) is 20.3. The van der Waals surface area contributed by atoms with E-state index in [0.29, 0.717) is 17.9 Å². The maximum atomic E-state index is 13.6. The zero-order valence-electron chi connectivity index (χ0n) is 19.5. The van der Waals surface area contributed by atoms with E-state index in [1.54, 1.807) is 29.1 Å². The fourth-order valence-electron chi connectivity index (χ4n) is 3.91. The average Bonchev–Trinajstić information content (AvgIpc) is 3.28. The van der Waals surface area contributed by atoms with Gasteiger partial charge in [-0.05, 0) is 58.5 Å². The van der Waals surface area contributed by atoms with Crippen LogP contribution >= 0.6 is 11.8 Å². The molecule has 2 heterocycles. The second kappa shape index (κ2) is 9.97. The van der Waals surface area contributed by atoms with Gasteiger partial charge in [0.2, 0.25) is 5.91 Å². The van der Waals surface area contributed by atoms with Crippen LogP contribution in [0.3, 0.4) is 0 Å². The van der Waals surface area contributed by atoms with E-state index >= 15 is 0 Å². The number of hydrogen-bond acceptors (Lipinski definition) is 4. The predicted octanol–water partition coefficient (Wildman–Crippen LogP) is 5.09. The van der Waals surface area contributed by atoms with Crippen LogP contribution in [0.2, 0.25) is 0 Å². The summed E-state index contributed by atoms with van der Waals surface area (Å²) in [6, 6.07) is 16.7. The number of benzene rings is 2. The Bertz CT molecular complexity index is 1150. The number of carbonyl (C=O) groups excluding carboxylic acids is 2. The molecule has 5 nitrogen and oxygen atoms in total. The van der Waals surface area contributed by atoms with E-state index in [0.717, 1.165) is 11.1 Å². The van der Waals surface area contributed by atoms with Crippen molar-refractivity contribution in [1.82, 2.24) is 15.2 Å². The molecule has 2 unspecified atom stereocenters. The monoisotopic (exact) mass is 477 g/mol. The van der Waals surface area contributed by atoms with Crippen molar-refractivity contribution in [3.8, 4) is 0 Å². The van der Waals surface area contributed by atoms with Gasteiger partial charge in [0.05, 0.1) is 0 Å². The Kier molecular flexibility index (Phi) is 7.03. The molecule has 34 heavy (non-hydrogen) atoms. The maximum Gasteiger partial charge on any atom is 0.255 e. The lowest BCUT2D eigenvalue weighted by Crippen LogP contribution is -2.47. The molecule has 1 aliphatic rings. The molecule has 4 rings (SSSR count). The molecule has 2 atom stereocenters. The first-order chi connectivity index (χ1) is 16.2. The summed E-state index contributed by atoms with van der Waals surface area (Å²) in [7, 11) is 0. The first-order valence-electron chi connectivity index (χ1n) is 11.2. The van der Waals surface area contributed by atoms with Crippen LogP contribution in [0.5, 0.6) is 0 Å². The van der Waals surface area contributed by atoms with E-state index in [-0.39, 0.29) is 22.6 Å². The molecule has 1 saturated heterocycles. The molecule has 0 spiro atoms. The third kappa shape index (κ3) is 5.30. The number of thioether (sulfide) groups is 1.